The van der Waals surface area contributed by atoms with Gasteiger partial charge in [0, 0.05) is 16.2 Å². The van der Waals surface area contributed by atoms with Crippen LogP contribution in [0.5, 0.6) is 0 Å². The molecule has 0 fully saturated rings. The van der Waals surface area contributed by atoms with Gasteiger partial charge in [-0.1, -0.05) is 6.07 Å². The Morgan fingerprint density at radius 1 is 1.40 bits per heavy atom. The molecule has 2 rings (SSSR count). The molecule has 0 aromatic carbocycles. The van der Waals surface area contributed by atoms with E-state index >= 15 is 0 Å². The minimum absolute atomic E-state index is 0.0779. The van der Waals surface area contributed by atoms with Gasteiger partial charge in [0.15, 0.2) is 0 Å². The maximum Gasteiger partial charge on any atom is 0.251 e. The van der Waals surface area contributed by atoms with Crippen LogP contribution in [-0.2, 0) is 11.2 Å². The Balaban J connectivity index is 1.86. The van der Waals surface area contributed by atoms with Crippen LogP contribution in [0.3, 0.4) is 0 Å². The van der Waals surface area contributed by atoms with E-state index in [0.29, 0.717) is 17.0 Å². The van der Waals surface area contributed by atoms with Crippen LogP contribution in [0.15, 0.2) is 23.6 Å². The molecule has 0 unspecified atom stereocenters. The second kappa shape index (κ2) is 6.67. The first-order valence-corrected chi connectivity index (χ1v) is 7.98. The van der Waals surface area contributed by atoms with Crippen LogP contribution in [0, 0.1) is 6.92 Å². The number of aryl methyl sites for hydroxylation is 2. The topological polar surface area (TPSA) is 72.2 Å². The molecule has 0 radical (unpaired) electrons. The Morgan fingerprint density at radius 2 is 2.20 bits per heavy atom. The number of primary amides is 1. The first-order valence-electron chi connectivity index (χ1n) is 6.28. The van der Waals surface area contributed by atoms with Crippen LogP contribution in [0.4, 0.5) is 5.00 Å². The van der Waals surface area contributed by atoms with Gasteiger partial charge in [0.25, 0.3) is 5.91 Å². The molecule has 3 N–H and O–H groups in total. The lowest BCUT2D eigenvalue weighted by atomic mass is 10.2. The van der Waals surface area contributed by atoms with Crippen LogP contribution in [0.2, 0.25) is 0 Å². The van der Waals surface area contributed by atoms with Gasteiger partial charge in [-0.15, -0.1) is 22.7 Å². The van der Waals surface area contributed by atoms with Crippen LogP contribution in [-0.4, -0.2) is 11.8 Å². The summed E-state index contributed by atoms with van der Waals surface area (Å²) in [7, 11) is 0. The molecule has 0 saturated heterocycles. The van der Waals surface area contributed by atoms with Crippen molar-refractivity contribution < 1.29 is 9.59 Å². The van der Waals surface area contributed by atoms with Crippen molar-refractivity contribution in [3.63, 3.8) is 0 Å². The second-order valence-corrected chi connectivity index (χ2v) is 6.73. The first kappa shape index (κ1) is 14.7. The summed E-state index contributed by atoms with van der Waals surface area (Å²) in [4.78, 5) is 25.4. The third-order valence-corrected chi connectivity index (χ3v) is 4.68. The van der Waals surface area contributed by atoms with Crippen LogP contribution >= 0.6 is 22.7 Å². The molecule has 2 heterocycles. The van der Waals surface area contributed by atoms with Crippen molar-refractivity contribution in [3.8, 4) is 0 Å². The lowest BCUT2D eigenvalue weighted by Crippen LogP contribution is -2.16. The normalized spacial score (nSPS) is 10.4. The van der Waals surface area contributed by atoms with Gasteiger partial charge >= 0.3 is 0 Å². The molecule has 0 bridgehead atoms. The third-order valence-electron chi connectivity index (χ3n) is 2.78. The third kappa shape index (κ3) is 3.91. The van der Waals surface area contributed by atoms with Gasteiger partial charge in [0.05, 0.1) is 5.56 Å². The largest absolute Gasteiger partial charge is 0.366 e. The zero-order valence-corrected chi connectivity index (χ0v) is 12.8. The maximum atomic E-state index is 11.9. The second-order valence-electron chi connectivity index (χ2n) is 4.45. The monoisotopic (exact) mass is 308 g/mol. The number of carbonyl (C=O) groups excluding carboxylic acids is 2. The van der Waals surface area contributed by atoms with Gasteiger partial charge in [-0.3, -0.25) is 9.59 Å². The summed E-state index contributed by atoms with van der Waals surface area (Å²) in [5.74, 6) is -0.589. The molecule has 0 saturated carbocycles. The van der Waals surface area contributed by atoms with Crippen molar-refractivity contribution in [2.45, 2.75) is 26.2 Å². The number of hydrogen-bond acceptors (Lipinski definition) is 4. The van der Waals surface area contributed by atoms with Crippen molar-refractivity contribution >= 4 is 39.5 Å². The van der Waals surface area contributed by atoms with E-state index in [1.165, 1.54) is 16.2 Å². The van der Waals surface area contributed by atoms with Gasteiger partial charge in [-0.05, 0) is 37.3 Å². The predicted molar refractivity (Wildman–Crippen MR) is 83.5 cm³/mol. The molecule has 0 atom stereocenters. The van der Waals surface area contributed by atoms with Crippen molar-refractivity contribution in [2.75, 3.05) is 5.32 Å². The Morgan fingerprint density at radius 3 is 2.85 bits per heavy atom. The highest BCUT2D eigenvalue weighted by Crippen LogP contribution is 2.27. The Hall–Kier alpha value is -1.66. The molecular formula is C14H16N2O2S2. The van der Waals surface area contributed by atoms with E-state index in [1.54, 1.807) is 17.4 Å². The number of nitrogens with two attached hydrogens (primary N) is 1. The van der Waals surface area contributed by atoms with Gasteiger partial charge < -0.3 is 11.1 Å². The van der Waals surface area contributed by atoms with Crippen molar-refractivity contribution in [1.29, 1.82) is 0 Å². The Kier molecular flexibility index (Phi) is 4.92. The fraction of sp³-hybridized carbons (Fsp3) is 0.286. The summed E-state index contributed by atoms with van der Waals surface area (Å²) in [5.41, 5.74) is 5.67. The van der Waals surface area contributed by atoms with Gasteiger partial charge in [0.2, 0.25) is 5.91 Å². The molecule has 0 spiro atoms. The number of hydrogen-bond donors (Lipinski definition) is 2. The lowest BCUT2D eigenvalue weighted by Gasteiger charge is -2.04. The fourth-order valence-corrected chi connectivity index (χ4v) is 3.54. The fourth-order valence-electron chi connectivity index (χ4n) is 1.86. The highest BCUT2D eigenvalue weighted by molar-refractivity contribution is 7.16. The van der Waals surface area contributed by atoms with Gasteiger partial charge in [-0.25, -0.2) is 0 Å². The summed E-state index contributed by atoms with van der Waals surface area (Å²) >= 11 is 3.07. The number of thiophene rings is 2. The molecule has 20 heavy (non-hydrogen) atoms. The number of nitrogens with one attached hydrogen (secondary N) is 1. The average Bonchev–Trinajstić information content (AvgIpc) is 2.99. The summed E-state index contributed by atoms with van der Waals surface area (Å²) in [6, 6.07) is 5.78. The zero-order chi connectivity index (χ0) is 14.5. The molecular weight excluding hydrogens is 292 g/mol. The molecule has 106 valence electrons. The van der Waals surface area contributed by atoms with Crippen LogP contribution in [0.1, 0.15) is 33.0 Å². The Labute approximate surface area is 125 Å². The van der Waals surface area contributed by atoms with Crippen LogP contribution < -0.4 is 11.1 Å². The molecule has 0 aliphatic rings. The van der Waals surface area contributed by atoms with Gasteiger partial charge in [0.1, 0.15) is 5.00 Å². The lowest BCUT2D eigenvalue weighted by molar-refractivity contribution is -0.116. The van der Waals surface area contributed by atoms with Crippen LogP contribution in [0.25, 0.3) is 0 Å². The summed E-state index contributed by atoms with van der Waals surface area (Å²) in [6.07, 6.45) is 2.13. The highest BCUT2D eigenvalue weighted by Gasteiger charge is 2.14. The average molecular weight is 308 g/mol. The highest BCUT2D eigenvalue weighted by atomic mass is 32.1. The number of anilines is 1. The van der Waals surface area contributed by atoms with E-state index < -0.39 is 5.91 Å². The van der Waals surface area contributed by atoms with Crippen molar-refractivity contribution in [1.82, 2.24) is 0 Å². The minimum Gasteiger partial charge on any atom is -0.366 e. The van der Waals surface area contributed by atoms with E-state index in [4.69, 9.17) is 5.73 Å². The molecule has 2 amide bonds. The summed E-state index contributed by atoms with van der Waals surface area (Å²) < 4.78 is 0. The molecule has 6 heteroatoms. The van der Waals surface area contributed by atoms with E-state index in [2.05, 4.69) is 11.4 Å². The quantitative estimate of drug-likeness (QED) is 0.860. The molecule has 4 nitrogen and oxygen atoms in total. The summed E-state index contributed by atoms with van der Waals surface area (Å²) in [5, 5.41) is 5.36. The van der Waals surface area contributed by atoms with E-state index in [9.17, 15) is 9.59 Å². The molecule has 0 aliphatic heterocycles. The SMILES string of the molecule is Cc1cc(C(N)=O)c(NC(=O)CCCc2cccs2)s1. The molecule has 2 aromatic rings. The molecule has 2 aromatic heterocycles. The minimum atomic E-state index is -0.511. The first-order chi connectivity index (χ1) is 9.56. The number of carbonyl (C=O) groups is 2. The van der Waals surface area contributed by atoms with Crippen molar-refractivity contribution in [3.05, 3.63) is 38.9 Å². The summed E-state index contributed by atoms with van der Waals surface area (Å²) in [6.45, 7) is 1.88. The zero-order valence-electron chi connectivity index (χ0n) is 11.1. The van der Waals surface area contributed by atoms with E-state index in [0.717, 1.165) is 17.7 Å². The Bertz CT molecular complexity index is 603. The number of amides is 2. The van der Waals surface area contributed by atoms with E-state index in [-0.39, 0.29) is 5.91 Å². The smallest absolute Gasteiger partial charge is 0.251 e. The predicted octanol–water partition coefficient (Wildman–Crippen LogP) is 3.18. The van der Waals surface area contributed by atoms with Gasteiger partial charge in [-0.2, -0.15) is 0 Å². The standard InChI is InChI=1S/C14H16N2O2S2/c1-9-8-11(13(15)18)14(20-9)16-12(17)6-2-4-10-5-3-7-19-10/h3,5,7-8H,2,4,6H2,1H3,(H2,15,18)(H,16,17). The molecule has 0 aliphatic carbocycles. The van der Waals surface area contributed by atoms with E-state index in [1.807, 2.05) is 18.4 Å². The maximum absolute atomic E-state index is 11.9. The number of rotatable bonds is 6. The van der Waals surface area contributed by atoms with Crippen molar-refractivity contribution in [2.24, 2.45) is 5.73 Å².